The van der Waals surface area contributed by atoms with E-state index in [2.05, 4.69) is 10.1 Å². The Labute approximate surface area is 161 Å². The van der Waals surface area contributed by atoms with Crippen molar-refractivity contribution in [2.75, 3.05) is 0 Å². The molecule has 11 heteroatoms. The molecule has 29 heavy (non-hydrogen) atoms. The van der Waals surface area contributed by atoms with Crippen molar-refractivity contribution in [2.24, 2.45) is 5.10 Å². The Hall–Kier alpha value is -4.28. The molecular weight excluding hydrogens is 384 g/mol. The van der Waals surface area contributed by atoms with E-state index in [1.165, 1.54) is 25.1 Å². The number of H-pyrrole nitrogens is 1. The normalized spacial score (nSPS) is 12.2. The van der Waals surface area contributed by atoms with Crippen LogP contribution in [-0.4, -0.2) is 38.0 Å². The summed E-state index contributed by atoms with van der Waals surface area (Å²) in [5.41, 5.74) is -1.34. The Morgan fingerprint density at radius 3 is 2.72 bits per heavy atom. The number of aliphatic carboxylic acids is 1. The molecule has 1 aromatic heterocycles. The van der Waals surface area contributed by atoms with Gasteiger partial charge in [0.15, 0.2) is 11.9 Å². The third-order valence-corrected chi connectivity index (χ3v) is 3.94. The molecule has 2 aromatic carbocycles. The number of carboxylic acid groups (broad SMARTS) is 1. The van der Waals surface area contributed by atoms with E-state index < -0.39 is 33.9 Å². The molecule has 1 heterocycles. The van der Waals surface area contributed by atoms with Crippen LogP contribution in [0.2, 0.25) is 0 Å². The number of hydrogen-bond acceptors (Lipinski definition) is 7. The second-order valence-electron chi connectivity index (χ2n) is 5.92. The van der Waals surface area contributed by atoms with Gasteiger partial charge in [0, 0.05) is 11.6 Å². The number of hydrogen-bond donors (Lipinski definition) is 2. The third kappa shape index (κ3) is 4.03. The molecule has 2 N–H and O–H groups in total. The SMILES string of the molecule is C[C@H](Oc1ccc(C=Nn2c(=O)[nH]c3ccccc3c2=O)cc1[N+](=O)[O-])C(=O)O. The van der Waals surface area contributed by atoms with Crippen LogP contribution in [0.5, 0.6) is 5.75 Å². The highest BCUT2D eigenvalue weighted by molar-refractivity contribution is 5.82. The molecule has 0 fully saturated rings. The first-order valence-electron chi connectivity index (χ1n) is 8.24. The Morgan fingerprint density at radius 2 is 2.03 bits per heavy atom. The number of nitrogens with zero attached hydrogens (tertiary/aromatic N) is 3. The van der Waals surface area contributed by atoms with Gasteiger partial charge in [-0.15, -0.1) is 4.68 Å². The quantitative estimate of drug-likeness (QED) is 0.360. The van der Waals surface area contributed by atoms with E-state index in [0.717, 1.165) is 12.3 Å². The highest BCUT2D eigenvalue weighted by Crippen LogP contribution is 2.28. The van der Waals surface area contributed by atoms with Crippen LogP contribution in [0, 0.1) is 10.1 Å². The molecule has 0 unspecified atom stereocenters. The van der Waals surface area contributed by atoms with Crippen molar-refractivity contribution in [1.29, 1.82) is 0 Å². The zero-order valence-corrected chi connectivity index (χ0v) is 14.9. The van der Waals surface area contributed by atoms with Crippen molar-refractivity contribution >= 4 is 28.8 Å². The number of para-hydroxylation sites is 1. The van der Waals surface area contributed by atoms with Crippen molar-refractivity contribution in [3.05, 3.63) is 79.0 Å². The molecule has 0 aliphatic carbocycles. The van der Waals surface area contributed by atoms with Crippen LogP contribution in [0.1, 0.15) is 12.5 Å². The standard InChI is InChI=1S/C18H14N4O7/c1-10(17(24)25)29-15-7-6-11(8-14(15)22(27)28)9-19-21-16(23)12-4-2-3-5-13(12)20-18(21)26/h2-10H,1H3,(H,20,26)(H,24,25)/t10-/m0/s1. The van der Waals surface area contributed by atoms with E-state index in [0.29, 0.717) is 10.2 Å². The zero-order valence-electron chi connectivity index (χ0n) is 14.9. The molecule has 0 saturated carbocycles. The van der Waals surface area contributed by atoms with E-state index in [1.54, 1.807) is 18.2 Å². The Morgan fingerprint density at radius 1 is 1.31 bits per heavy atom. The minimum atomic E-state index is -1.29. The van der Waals surface area contributed by atoms with Crippen molar-refractivity contribution < 1.29 is 19.6 Å². The summed E-state index contributed by atoms with van der Waals surface area (Å²) in [6.07, 6.45) is -0.189. The van der Waals surface area contributed by atoms with Crippen LogP contribution in [-0.2, 0) is 4.79 Å². The maximum atomic E-state index is 12.4. The minimum Gasteiger partial charge on any atom is -0.479 e. The number of nitro groups is 1. The van der Waals surface area contributed by atoms with E-state index in [9.17, 15) is 24.5 Å². The number of benzene rings is 2. The minimum absolute atomic E-state index is 0.200. The highest BCUT2D eigenvalue weighted by Gasteiger charge is 2.21. The molecule has 3 rings (SSSR count). The number of nitro benzene ring substituents is 1. The third-order valence-electron chi connectivity index (χ3n) is 3.94. The summed E-state index contributed by atoms with van der Waals surface area (Å²) in [7, 11) is 0. The number of ether oxygens (including phenoxy) is 1. The predicted octanol–water partition coefficient (Wildman–Crippen LogP) is 1.33. The molecule has 148 valence electrons. The Kier molecular flexibility index (Phi) is 5.21. The number of nitrogens with one attached hydrogen (secondary N) is 1. The van der Waals surface area contributed by atoms with Crippen LogP contribution >= 0.6 is 0 Å². The van der Waals surface area contributed by atoms with E-state index in [1.807, 2.05) is 0 Å². The van der Waals surface area contributed by atoms with Gasteiger partial charge in [0.2, 0.25) is 0 Å². The lowest BCUT2D eigenvalue weighted by Crippen LogP contribution is -2.32. The molecule has 3 aromatic rings. The van der Waals surface area contributed by atoms with Gasteiger partial charge in [0.05, 0.1) is 22.0 Å². The molecule has 0 bridgehead atoms. The average molecular weight is 398 g/mol. The van der Waals surface area contributed by atoms with Crippen molar-refractivity contribution in [3.63, 3.8) is 0 Å². The van der Waals surface area contributed by atoms with Crippen LogP contribution in [0.15, 0.2) is 57.2 Å². The van der Waals surface area contributed by atoms with Gasteiger partial charge in [0.1, 0.15) is 0 Å². The van der Waals surface area contributed by atoms with Gasteiger partial charge >= 0.3 is 17.3 Å². The van der Waals surface area contributed by atoms with Crippen LogP contribution < -0.4 is 16.0 Å². The second kappa shape index (κ2) is 7.76. The monoisotopic (exact) mass is 398 g/mol. The van der Waals surface area contributed by atoms with Crippen LogP contribution in [0.25, 0.3) is 10.9 Å². The molecular formula is C18H14N4O7. The Bertz CT molecular complexity index is 1260. The summed E-state index contributed by atoms with van der Waals surface area (Å²) in [5, 5.41) is 24.2. The number of carboxylic acids is 1. The van der Waals surface area contributed by atoms with Crippen molar-refractivity contribution in [1.82, 2.24) is 9.66 Å². The first kappa shape index (κ1) is 19.5. The lowest BCUT2D eigenvalue weighted by Gasteiger charge is -2.10. The summed E-state index contributed by atoms with van der Waals surface area (Å²) < 4.78 is 5.68. The number of rotatable bonds is 6. The molecule has 0 aliphatic heterocycles. The summed E-state index contributed by atoms with van der Waals surface area (Å²) in [5.74, 6) is -1.51. The molecule has 11 nitrogen and oxygen atoms in total. The first-order valence-corrected chi connectivity index (χ1v) is 8.24. The number of aromatic amines is 1. The van der Waals surface area contributed by atoms with Crippen LogP contribution in [0.3, 0.4) is 0 Å². The molecule has 0 radical (unpaired) electrons. The summed E-state index contributed by atoms with van der Waals surface area (Å²) in [6.45, 7) is 1.24. The number of carbonyl (C=O) groups is 1. The predicted molar refractivity (Wildman–Crippen MR) is 103 cm³/mol. The summed E-state index contributed by atoms with van der Waals surface area (Å²) >= 11 is 0. The fraction of sp³-hybridized carbons (Fsp3) is 0.111. The van der Waals surface area contributed by atoms with Gasteiger partial charge in [-0.05, 0) is 31.2 Å². The summed E-state index contributed by atoms with van der Waals surface area (Å²) in [6, 6.07) is 10.1. The average Bonchev–Trinajstić information content (AvgIpc) is 2.68. The molecule has 0 saturated heterocycles. The molecule has 0 aliphatic rings. The number of fused-ring (bicyclic) bond motifs is 1. The van der Waals surface area contributed by atoms with Gasteiger partial charge < -0.3 is 14.8 Å². The van der Waals surface area contributed by atoms with E-state index in [-0.39, 0.29) is 16.7 Å². The fourth-order valence-electron chi connectivity index (χ4n) is 2.48. The first-order chi connectivity index (χ1) is 13.8. The van der Waals surface area contributed by atoms with Gasteiger partial charge in [-0.3, -0.25) is 14.9 Å². The maximum absolute atomic E-state index is 12.4. The van der Waals surface area contributed by atoms with E-state index >= 15 is 0 Å². The summed E-state index contributed by atoms with van der Waals surface area (Å²) in [4.78, 5) is 48.5. The fourth-order valence-corrected chi connectivity index (χ4v) is 2.48. The molecule has 1 atom stereocenters. The highest BCUT2D eigenvalue weighted by atomic mass is 16.6. The smallest absolute Gasteiger partial charge is 0.349 e. The van der Waals surface area contributed by atoms with Gasteiger partial charge in [-0.25, -0.2) is 9.59 Å². The largest absolute Gasteiger partial charge is 0.479 e. The number of aromatic nitrogens is 2. The molecule has 0 amide bonds. The van der Waals surface area contributed by atoms with Crippen molar-refractivity contribution in [3.8, 4) is 5.75 Å². The lowest BCUT2D eigenvalue weighted by atomic mass is 10.2. The maximum Gasteiger partial charge on any atom is 0.349 e. The van der Waals surface area contributed by atoms with Crippen LogP contribution in [0.4, 0.5) is 5.69 Å². The molecule has 0 spiro atoms. The van der Waals surface area contributed by atoms with Gasteiger partial charge in [-0.2, -0.15) is 5.10 Å². The van der Waals surface area contributed by atoms with Gasteiger partial charge in [0.25, 0.3) is 5.56 Å². The van der Waals surface area contributed by atoms with Gasteiger partial charge in [-0.1, -0.05) is 12.1 Å². The Balaban J connectivity index is 1.99. The zero-order chi connectivity index (χ0) is 21.1. The van der Waals surface area contributed by atoms with E-state index in [4.69, 9.17) is 9.84 Å². The van der Waals surface area contributed by atoms with Crippen molar-refractivity contribution in [2.45, 2.75) is 13.0 Å². The second-order valence-corrected chi connectivity index (χ2v) is 5.92. The lowest BCUT2D eigenvalue weighted by molar-refractivity contribution is -0.386. The topological polar surface area (TPSA) is 157 Å².